The second kappa shape index (κ2) is 4.71. The zero-order valence-corrected chi connectivity index (χ0v) is 8.82. The average Bonchev–Trinajstić information content (AvgIpc) is 2.33. The summed E-state index contributed by atoms with van der Waals surface area (Å²) in [6, 6.07) is 7.55. The summed E-state index contributed by atoms with van der Waals surface area (Å²) in [5.41, 5.74) is 1.45. The number of hydrogen-bond acceptors (Lipinski definition) is 2. The maximum absolute atomic E-state index is 13.5. The summed E-state index contributed by atoms with van der Waals surface area (Å²) in [6.07, 6.45) is 2.50. The van der Waals surface area contributed by atoms with Gasteiger partial charge < -0.3 is 0 Å². The topological polar surface area (TPSA) is 36.7 Å². The number of benzene rings is 1. The number of halogens is 2. The molecule has 1 heterocycles. The quantitative estimate of drug-likeness (QED) is 0.794. The molecular formula is C13H8F2N2. The van der Waals surface area contributed by atoms with Crippen LogP contribution in [0.25, 0.3) is 11.1 Å². The van der Waals surface area contributed by atoms with Gasteiger partial charge in [-0.25, -0.2) is 8.78 Å². The fraction of sp³-hybridized carbons (Fsp3) is 0.0769. The zero-order chi connectivity index (χ0) is 12.3. The third kappa shape index (κ3) is 2.28. The lowest BCUT2D eigenvalue weighted by atomic mass is 10.00. The van der Waals surface area contributed by atoms with Crippen molar-refractivity contribution in [1.82, 2.24) is 4.98 Å². The Labute approximate surface area is 97.2 Å². The highest BCUT2D eigenvalue weighted by Gasteiger charge is 2.10. The zero-order valence-electron chi connectivity index (χ0n) is 8.82. The van der Waals surface area contributed by atoms with Gasteiger partial charge in [0.25, 0.3) is 0 Å². The first-order valence-electron chi connectivity index (χ1n) is 4.97. The van der Waals surface area contributed by atoms with Gasteiger partial charge in [0.05, 0.1) is 18.7 Å². The van der Waals surface area contributed by atoms with Crippen molar-refractivity contribution in [2.75, 3.05) is 0 Å². The highest BCUT2D eigenvalue weighted by molar-refractivity contribution is 5.66. The first-order valence-corrected chi connectivity index (χ1v) is 4.97. The van der Waals surface area contributed by atoms with E-state index in [-0.39, 0.29) is 17.8 Å². The molecule has 0 bridgehead atoms. The van der Waals surface area contributed by atoms with Crippen LogP contribution >= 0.6 is 0 Å². The molecule has 0 saturated heterocycles. The molecule has 0 N–H and O–H groups in total. The molecule has 84 valence electrons. The molecule has 0 fully saturated rings. The van der Waals surface area contributed by atoms with Crippen molar-refractivity contribution in [2.24, 2.45) is 0 Å². The molecule has 17 heavy (non-hydrogen) atoms. The first kappa shape index (κ1) is 11.2. The first-order chi connectivity index (χ1) is 8.22. The molecule has 0 aliphatic carbocycles. The maximum atomic E-state index is 13.5. The smallest absolute Gasteiger partial charge is 0.146 e. The van der Waals surface area contributed by atoms with Gasteiger partial charge in [0.15, 0.2) is 0 Å². The molecular weight excluding hydrogens is 222 g/mol. The van der Waals surface area contributed by atoms with E-state index in [0.717, 1.165) is 6.20 Å². The molecule has 0 unspecified atom stereocenters. The predicted molar refractivity (Wildman–Crippen MR) is 58.9 cm³/mol. The van der Waals surface area contributed by atoms with Crippen LogP contribution in [0.5, 0.6) is 0 Å². The lowest BCUT2D eigenvalue weighted by Gasteiger charge is -2.07. The molecule has 0 saturated carbocycles. The normalized spacial score (nSPS) is 9.94. The minimum atomic E-state index is -0.520. The van der Waals surface area contributed by atoms with Gasteiger partial charge in [0.2, 0.25) is 0 Å². The summed E-state index contributed by atoms with van der Waals surface area (Å²) in [5, 5.41) is 8.66. The lowest BCUT2D eigenvalue weighted by Crippen LogP contribution is -1.95. The molecule has 0 radical (unpaired) electrons. The highest BCUT2D eigenvalue weighted by Crippen LogP contribution is 2.25. The molecule has 2 nitrogen and oxygen atoms in total. The lowest BCUT2D eigenvalue weighted by molar-refractivity contribution is 0.609. The summed E-state index contributed by atoms with van der Waals surface area (Å²) in [4.78, 5) is 3.75. The Hall–Kier alpha value is -2.28. The van der Waals surface area contributed by atoms with Gasteiger partial charge in [-0.05, 0) is 17.7 Å². The summed E-state index contributed by atoms with van der Waals surface area (Å²) in [5.74, 6) is -0.881. The van der Waals surface area contributed by atoms with Gasteiger partial charge in [0.1, 0.15) is 11.6 Å². The fourth-order valence-electron chi connectivity index (χ4n) is 1.60. The molecule has 2 rings (SSSR count). The van der Waals surface area contributed by atoms with Gasteiger partial charge in [0, 0.05) is 17.3 Å². The Morgan fingerprint density at radius 3 is 2.47 bits per heavy atom. The number of aromatic nitrogens is 1. The summed E-state index contributed by atoms with van der Waals surface area (Å²) < 4.78 is 26.3. The van der Waals surface area contributed by atoms with Crippen molar-refractivity contribution in [3.63, 3.8) is 0 Å². The summed E-state index contributed by atoms with van der Waals surface area (Å²) >= 11 is 0. The van der Waals surface area contributed by atoms with Crippen LogP contribution in [0.2, 0.25) is 0 Å². The SMILES string of the molecule is N#CCc1c(F)cncc1-c1ccc(F)cc1. The third-order valence-electron chi connectivity index (χ3n) is 2.42. The van der Waals surface area contributed by atoms with Crippen molar-refractivity contribution < 1.29 is 8.78 Å². The van der Waals surface area contributed by atoms with Crippen LogP contribution in [0.15, 0.2) is 36.7 Å². The van der Waals surface area contributed by atoms with Crippen molar-refractivity contribution in [3.8, 4) is 17.2 Å². The van der Waals surface area contributed by atoms with Crippen LogP contribution in [-0.4, -0.2) is 4.98 Å². The molecule has 0 atom stereocenters. The monoisotopic (exact) mass is 230 g/mol. The van der Waals surface area contributed by atoms with E-state index in [1.165, 1.54) is 30.5 Å². The number of hydrogen-bond donors (Lipinski definition) is 0. The van der Waals surface area contributed by atoms with E-state index < -0.39 is 5.82 Å². The summed E-state index contributed by atoms with van der Waals surface area (Å²) in [6.45, 7) is 0. The molecule has 0 aliphatic rings. The fourth-order valence-corrected chi connectivity index (χ4v) is 1.60. The van der Waals surface area contributed by atoms with Gasteiger partial charge in [-0.15, -0.1) is 0 Å². The van der Waals surface area contributed by atoms with Crippen LogP contribution in [0.4, 0.5) is 8.78 Å². The Kier molecular flexibility index (Phi) is 3.10. The largest absolute Gasteiger partial charge is 0.261 e. The average molecular weight is 230 g/mol. The predicted octanol–water partition coefficient (Wildman–Crippen LogP) is 3.09. The van der Waals surface area contributed by atoms with E-state index in [0.29, 0.717) is 11.1 Å². The van der Waals surface area contributed by atoms with Crippen molar-refractivity contribution >= 4 is 0 Å². The van der Waals surface area contributed by atoms with Gasteiger partial charge in [-0.1, -0.05) is 12.1 Å². The van der Waals surface area contributed by atoms with Crippen molar-refractivity contribution in [1.29, 1.82) is 5.26 Å². The third-order valence-corrected chi connectivity index (χ3v) is 2.42. The van der Waals surface area contributed by atoms with E-state index in [1.54, 1.807) is 0 Å². The van der Waals surface area contributed by atoms with E-state index in [2.05, 4.69) is 4.98 Å². The van der Waals surface area contributed by atoms with Crippen molar-refractivity contribution in [3.05, 3.63) is 53.9 Å². The Bertz CT molecular complexity index is 571. The molecule has 0 aliphatic heterocycles. The van der Waals surface area contributed by atoms with Crippen LogP contribution < -0.4 is 0 Å². The number of nitriles is 1. The molecule has 0 spiro atoms. The minimum Gasteiger partial charge on any atom is -0.261 e. The van der Waals surface area contributed by atoms with Gasteiger partial charge >= 0.3 is 0 Å². The number of pyridine rings is 1. The Morgan fingerprint density at radius 1 is 1.12 bits per heavy atom. The summed E-state index contributed by atoms with van der Waals surface area (Å²) in [7, 11) is 0. The maximum Gasteiger partial charge on any atom is 0.146 e. The van der Waals surface area contributed by atoms with Gasteiger partial charge in [-0.3, -0.25) is 4.98 Å². The Balaban J connectivity index is 2.55. The van der Waals surface area contributed by atoms with Gasteiger partial charge in [-0.2, -0.15) is 5.26 Å². The van der Waals surface area contributed by atoms with Crippen LogP contribution in [0.1, 0.15) is 5.56 Å². The van der Waals surface area contributed by atoms with E-state index in [9.17, 15) is 8.78 Å². The van der Waals surface area contributed by atoms with Crippen LogP contribution in [0.3, 0.4) is 0 Å². The van der Waals surface area contributed by atoms with E-state index in [4.69, 9.17) is 5.26 Å². The van der Waals surface area contributed by atoms with E-state index in [1.807, 2.05) is 6.07 Å². The standard InChI is InChI=1S/C13H8F2N2/c14-10-3-1-9(2-4-10)12-7-17-8-13(15)11(12)5-6-16/h1-4,7-8H,5H2. The number of rotatable bonds is 2. The second-order valence-corrected chi connectivity index (χ2v) is 3.49. The second-order valence-electron chi connectivity index (χ2n) is 3.49. The Morgan fingerprint density at radius 2 is 1.82 bits per heavy atom. The van der Waals surface area contributed by atoms with Crippen molar-refractivity contribution in [2.45, 2.75) is 6.42 Å². The molecule has 1 aromatic heterocycles. The minimum absolute atomic E-state index is 0.0406. The van der Waals surface area contributed by atoms with Crippen LogP contribution in [-0.2, 0) is 6.42 Å². The molecule has 2 aromatic rings. The number of nitrogens with zero attached hydrogens (tertiary/aromatic N) is 2. The van der Waals surface area contributed by atoms with E-state index >= 15 is 0 Å². The molecule has 4 heteroatoms. The van der Waals surface area contributed by atoms with Crippen LogP contribution in [0, 0.1) is 23.0 Å². The molecule has 0 amide bonds. The highest BCUT2D eigenvalue weighted by atomic mass is 19.1. The molecule has 1 aromatic carbocycles.